The summed E-state index contributed by atoms with van der Waals surface area (Å²) in [6, 6.07) is -0.549. The fourth-order valence-electron chi connectivity index (χ4n) is 2.17. The van der Waals surface area contributed by atoms with Gasteiger partial charge >= 0.3 is 0 Å². The maximum atomic E-state index is 12.3. The molecule has 1 aliphatic rings. The van der Waals surface area contributed by atoms with E-state index in [-0.39, 0.29) is 24.1 Å². The van der Waals surface area contributed by atoms with E-state index in [9.17, 15) is 18.0 Å². The first kappa shape index (κ1) is 15.9. The third-order valence-electron chi connectivity index (χ3n) is 3.74. The van der Waals surface area contributed by atoms with E-state index < -0.39 is 21.4 Å². The van der Waals surface area contributed by atoms with Crippen LogP contribution in [0.3, 0.4) is 0 Å². The molecule has 0 aromatic carbocycles. The molecule has 1 aliphatic heterocycles. The van der Waals surface area contributed by atoms with Crippen LogP contribution in [-0.4, -0.2) is 55.3 Å². The van der Waals surface area contributed by atoms with E-state index in [1.54, 1.807) is 6.92 Å². The molecule has 1 fully saturated rings. The van der Waals surface area contributed by atoms with E-state index in [0.29, 0.717) is 12.8 Å². The van der Waals surface area contributed by atoms with Crippen LogP contribution in [0, 0.1) is 0 Å². The normalized spacial score (nSPS) is 28.4. The molecule has 19 heavy (non-hydrogen) atoms. The Morgan fingerprint density at radius 1 is 1.32 bits per heavy atom. The Morgan fingerprint density at radius 2 is 1.89 bits per heavy atom. The van der Waals surface area contributed by atoms with Crippen LogP contribution in [0.15, 0.2) is 0 Å². The summed E-state index contributed by atoms with van der Waals surface area (Å²) < 4.78 is 22.5. The molecule has 0 aromatic heterocycles. The molecule has 0 aliphatic carbocycles. The van der Waals surface area contributed by atoms with Gasteiger partial charge in [-0.3, -0.25) is 9.59 Å². The number of nitrogens with zero attached hydrogens (tertiary/aromatic N) is 1. The molecule has 110 valence electrons. The molecule has 0 spiro atoms. The van der Waals surface area contributed by atoms with E-state index in [4.69, 9.17) is 0 Å². The number of sulfone groups is 1. The zero-order valence-electron chi connectivity index (χ0n) is 11.9. The van der Waals surface area contributed by atoms with Crippen molar-refractivity contribution in [1.29, 1.82) is 0 Å². The van der Waals surface area contributed by atoms with Gasteiger partial charge in [0.25, 0.3) is 0 Å². The number of amides is 2. The van der Waals surface area contributed by atoms with Gasteiger partial charge in [-0.2, -0.15) is 0 Å². The fraction of sp³-hybridized carbons (Fsp3) is 0.833. The molecule has 2 unspecified atom stereocenters. The molecule has 0 aromatic rings. The molecule has 6 nitrogen and oxygen atoms in total. The summed E-state index contributed by atoms with van der Waals surface area (Å²) in [6.07, 6.45) is 2.08. The van der Waals surface area contributed by atoms with Crippen LogP contribution in [0.25, 0.3) is 0 Å². The fourth-order valence-corrected chi connectivity index (χ4v) is 2.69. The molecule has 2 atom stereocenters. The van der Waals surface area contributed by atoms with Gasteiger partial charge in [-0.25, -0.2) is 8.42 Å². The Morgan fingerprint density at radius 3 is 2.32 bits per heavy atom. The van der Waals surface area contributed by atoms with Crippen molar-refractivity contribution < 1.29 is 18.0 Å². The number of hydrogen-bond acceptors (Lipinski definition) is 4. The monoisotopic (exact) mass is 290 g/mol. The van der Waals surface area contributed by atoms with Gasteiger partial charge in [-0.1, -0.05) is 13.8 Å². The smallest absolute Gasteiger partial charge is 0.246 e. The summed E-state index contributed by atoms with van der Waals surface area (Å²) in [4.78, 5) is 25.9. The molecule has 1 heterocycles. The van der Waals surface area contributed by atoms with Gasteiger partial charge in [0.2, 0.25) is 11.8 Å². The van der Waals surface area contributed by atoms with Gasteiger partial charge in [0.05, 0.1) is 5.75 Å². The first-order valence-corrected chi connectivity index (χ1v) is 8.52. The minimum Gasteiger partial charge on any atom is -0.342 e. The summed E-state index contributed by atoms with van der Waals surface area (Å²) in [7, 11) is -3.17. The zero-order chi connectivity index (χ0) is 14.8. The zero-order valence-corrected chi connectivity index (χ0v) is 12.7. The van der Waals surface area contributed by atoms with Crippen LogP contribution < -0.4 is 5.32 Å². The van der Waals surface area contributed by atoms with Crippen molar-refractivity contribution in [2.24, 2.45) is 0 Å². The lowest BCUT2D eigenvalue weighted by atomic mass is 9.90. The summed E-state index contributed by atoms with van der Waals surface area (Å²) in [6.45, 7) is 5.36. The number of nitrogens with one attached hydrogen (secondary N) is 1. The molecular formula is C12H22N2O4S. The number of carbonyl (C=O) groups excluding carboxylic acids is 2. The minimum atomic E-state index is -3.17. The maximum Gasteiger partial charge on any atom is 0.246 e. The number of rotatable bonds is 5. The Bertz CT molecular complexity index is 474. The van der Waals surface area contributed by atoms with Crippen LogP contribution in [0.4, 0.5) is 0 Å². The second-order valence-corrected chi connectivity index (χ2v) is 7.44. The maximum absolute atomic E-state index is 12.3. The van der Waals surface area contributed by atoms with E-state index in [0.717, 1.165) is 6.26 Å². The van der Waals surface area contributed by atoms with E-state index in [1.165, 1.54) is 4.90 Å². The Hall–Kier alpha value is -1.11. The highest BCUT2D eigenvalue weighted by atomic mass is 32.2. The average Bonchev–Trinajstić information content (AvgIpc) is 2.32. The van der Waals surface area contributed by atoms with Crippen LogP contribution in [0.5, 0.6) is 0 Å². The van der Waals surface area contributed by atoms with Crippen molar-refractivity contribution in [3.63, 3.8) is 0 Å². The lowest BCUT2D eigenvalue weighted by Gasteiger charge is -2.45. The number of carbonyl (C=O) groups is 2. The number of piperazine rings is 1. The van der Waals surface area contributed by atoms with Gasteiger partial charge in [-0.15, -0.1) is 0 Å². The van der Waals surface area contributed by atoms with Crippen molar-refractivity contribution >= 4 is 21.7 Å². The molecule has 7 heteroatoms. The van der Waals surface area contributed by atoms with Gasteiger partial charge in [0.1, 0.15) is 21.4 Å². The largest absolute Gasteiger partial charge is 0.342 e. The van der Waals surface area contributed by atoms with Crippen molar-refractivity contribution in [1.82, 2.24) is 10.2 Å². The van der Waals surface area contributed by atoms with Crippen molar-refractivity contribution in [3.05, 3.63) is 0 Å². The molecule has 1 saturated heterocycles. The second kappa shape index (κ2) is 5.48. The van der Waals surface area contributed by atoms with Crippen molar-refractivity contribution in [2.75, 3.05) is 18.6 Å². The minimum absolute atomic E-state index is 0.0614. The lowest BCUT2D eigenvalue weighted by Crippen LogP contribution is -2.69. The van der Waals surface area contributed by atoms with Gasteiger partial charge in [0, 0.05) is 12.8 Å². The standard InChI is InChI=1S/C12H22N2O4S/c1-5-9-10(15)14(7-8-19(4,17)18)12(3,6-2)11(16)13-9/h9H,5-8H2,1-4H3,(H,13,16). The predicted octanol–water partition coefficient (Wildman–Crippen LogP) is -0.0633. The molecule has 0 bridgehead atoms. The molecular weight excluding hydrogens is 268 g/mol. The Labute approximate surface area is 114 Å². The quantitative estimate of drug-likeness (QED) is 0.768. The van der Waals surface area contributed by atoms with Crippen LogP contribution in [0.2, 0.25) is 0 Å². The highest BCUT2D eigenvalue weighted by Crippen LogP contribution is 2.25. The van der Waals surface area contributed by atoms with Gasteiger partial charge < -0.3 is 10.2 Å². The van der Waals surface area contributed by atoms with Gasteiger partial charge in [0.15, 0.2) is 0 Å². The Balaban J connectivity index is 3.03. The van der Waals surface area contributed by atoms with E-state index in [2.05, 4.69) is 5.32 Å². The first-order valence-electron chi connectivity index (χ1n) is 6.46. The van der Waals surface area contributed by atoms with Crippen LogP contribution >= 0.6 is 0 Å². The van der Waals surface area contributed by atoms with Crippen molar-refractivity contribution in [3.8, 4) is 0 Å². The summed E-state index contributed by atoms with van der Waals surface area (Å²) >= 11 is 0. The van der Waals surface area contributed by atoms with E-state index in [1.807, 2.05) is 13.8 Å². The Kier molecular flexibility index (Phi) is 4.60. The molecule has 2 amide bonds. The molecule has 1 N–H and O–H groups in total. The first-order chi connectivity index (χ1) is 8.65. The van der Waals surface area contributed by atoms with Crippen molar-refractivity contribution in [2.45, 2.75) is 45.2 Å². The van der Waals surface area contributed by atoms with Crippen LogP contribution in [-0.2, 0) is 19.4 Å². The summed E-state index contributed by atoms with van der Waals surface area (Å²) in [5.41, 5.74) is -0.965. The van der Waals surface area contributed by atoms with Crippen LogP contribution in [0.1, 0.15) is 33.6 Å². The number of hydrogen-bond donors (Lipinski definition) is 1. The summed E-state index contributed by atoms with van der Waals surface area (Å²) in [5.74, 6) is -0.539. The topological polar surface area (TPSA) is 83.6 Å². The lowest BCUT2D eigenvalue weighted by molar-refractivity contribution is -0.156. The molecule has 0 radical (unpaired) electrons. The third-order valence-corrected chi connectivity index (χ3v) is 4.66. The highest BCUT2D eigenvalue weighted by Gasteiger charge is 2.47. The second-order valence-electron chi connectivity index (χ2n) is 5.18. The summed E-state index contributed by atoms with van der Waals surface area (Å²) in [5, 5.41) is 2.70. The molecule has 1 rings (SSSR count). The predicted molar refractivity (Wildman–Crippen MR) is 72.3 cm³/mol. The third kappa shape index (κ3) is 3.26. The molecule has 0 saturated carbocycles. The van der Waals surface area contributed by atoms with E-state index >= 15 is 0 Å². The van der Waals surface area contributed by atoms with Gasteiger partial charge in [-0.05, 0) is 19.8 Å². The average molecular weight is 290 g/mol. The highest BCUT2D eigenvalue weighted by molar-refractivity contribution is 7.90. The SMILES string of the molecule is CCC1NC(=O)C(C)(CC)N(CCS(C)(=O)=O)C1=O.